The van der Waals surface area contributed by atoms with E-state index in [0.717, 1.165) is 0 Å². The lowest BCUT2D eigenvalue weighted by Gasteiger charge is -2.06. The van der Waals surface area contributed by atoms with E-state index >= 15 is 0 Å². The summed E-state index contributed by atoms with van der Waals surface area (Å²) in [4.78, 5) is 23.7. The molecule has 0 fully saturated rings. The predicted molar refractivity (Wildman–Crippen MR) is 85.6 cm³/mol. The van der Waals surface area contributed by atoms with E-state index in [-0.39, 0.29) is 12.4 Å². The van der Waals surface area contributed by atoms with E-state index in [4.69, 9.17) is 16.2 Å². The van der Waals surface area contributed by atoms with Crippen LogP contribution in [-0.4, -0.2) is 18.4 Å². The van der Waals surface area contributed by atoms with Gasteiger partial charge in [0.1, 0.15) is 0 Å². The summed E-state index contributed by atoms with van der Waals surface area (Å²) in [6, 6.07) is 13.5. The van der Waals surface area contributed by atoms with Crippen molar-refractivity contribution in [2.24, 2.45) is 0 Å². The molecule has 0 spiro atoms. The molecule has 0 unspecified atom stereocenters. The minimum absolute atomic E-state index is 0.00438. The largest absolute Gasteiger partial charge is 0.462 e. The number of ketones is 1. The van der Waals surface area contributed by atoms with Crippen LogP contribution in [0.1, 0.15) is 33.6 Å². The molecule has 0 aliphatic heterocycles. The van der Waals surface area contributed by atoms with Crippen molar-refractivity contribution in [3.8, 4) is 0 Å². The van der Waals surface area contributed by atoms with Gasteiger partial charge in [-0.3, -0.25) is 4.79 Å². The van der Waals surface area contributed by atoms with Crippen molar-refractivity contribution in [1.29, 1.82) is 0 Å². The molecule has 2 aromatic carbocycles. The molecule has 0 aromatic heterocycles. The molecule has 5 heteroatoms. The third kappa shape index (κ3) is 4.09. The first-order valence-corrected chi connectivity index (χ1v) is 6.98. The van der Waals surface area contributed by atoms with E-state index in [1.807, 2.05) is 0 Å². The zero-order valence-electron chi connectivity index (χ0n) is 12.1. The summed E-state index contributed by atoms with van der Waals surface area (Å²) in [6.07, 6.45) is 0.767. The third-order valence-electron chi connectivity index (χ3n) is 3.19. The van der Waals surface area contributed by atoms with Crippen LogP contribution in [0.2, 0.25) is 0 Å². The molecule has 0 amide bonds. The first-order chi connectivity index (χ1) is 10.6. The van der Waals surface area contributed by atoms with Crippen LogP contribution in [0.3, 0.4) is 0 Å². The Morgan fingerprint density at radius 1 is 0.955 bits per heavy atom. The second-order valence-electron chi connectivity index (χ2n) is 4.87. The molecule has 0 radical (unpaired) electrons. The van der Waals surface area contributed by atoms with Crippen molar-refractivity contribution < 1.29 is 14.3 Å². The van der Waals surface area contributed by atoms with Gasteiger partial charge in [-0.1, -0.05) is 12.1 Å². The number of nitrogens with two attached hydrogens (primary N) is 2. The standard InChI is InChI=1S/C17H18N2O3/c18-13-9-7-12(8-10-13)16(20)6-3-11-22-17(21)14-4-1-2-5-15(14)19/h1-2,4-5,7-10H,3,6,11,18-19H2. The molecule has 0 aliphatic rings. The number of nitrogen functional groups attached to an aromatic ring is 2. The van der Waals surface area contributed by atoms with Gasteiger partial charge in [0.05, 0.1) is 12.2 Å². The average Bonchev–Trinajstić information content (AvgIpc) is 2.52. The van der Waals surface area contributed by atoms with Crippen LogP contribution < -0.4 is 11.5 Å². The highest BCUT2D eigenvalue weighted by Gasteiger charge is 2.11. The van der Waals surface area contributed by atoms with Gasteiger partial charge in [0.2, 0.25) is 0 Å². The van der Waals surface area contributed by atoms with Crippen molar-refractivity contribution in [1.82, 2.24) is 0 Å². The first kappa shape index (κ1) is 15.6. The fraction of sp³-hybridized carbons (Fsp3) is 0.176. The average molecular weight is 298 g/mol. The van der Waals surface area contributed by atoms with E-state index in [0.29, 0.717) is 35.3 Å². The Labute approximate surface area is 128 Å². The van der Waals surface area contributed by atoms with Gasteiger partial charge in [-0.25, -0.2) is 4.79 Å². The second-order valence-corrected chi connectivity index (χ2v) is 4.87. The number of rotatable bonds is 6. The number of carbonyl (C=O) groups excluding carboxylic acids is 2. The van der Waals surface area contributed by atoms with Gasteiger partial charge in [-0.15, -0.1) is 0 Å². The molecule has 5 nitrogen and oxygen atoms in total. The van der Waals surface area contributed by atoms with Crippen LogP contribution in [0, 0.1) is 0 Å². The van der Waals surface area contributed by atoms with E-state index in [9.17, 15) is 9.59 Å². The number of esters is 1. The Bertz CT molecular complexity index is 666. The van der Waals surface area contributed by atoms with E-state index in [1.54, 1.807) is 48.5 Å². The van der Waals surface area contributed by atoms with Crippen molar-refractivity contribution in [3.63, 3.8) is 0 Å². The van der Waals surface area contributed by atoms with Crippen LogP contribution in [0.5, 0.6) is 0 Å². The summed E-state index contributed by atoms with van der Waals surface area (Å²) in [7, 11) is 0. The molecule has 2 aromatic rings. The SMILES string of the molecule is Nc1ccc(C(=O)CCCOC(=O)c2ccccc2N)cc1. The predicted octanol–water partition coefficient (Wildman–Crippen LogP) is 2.67. The Hall–Kier alpha value is -2.82. The molecular formula is C17H18N2O3. The normalized spacial score (nSPS) is 10.2. The number of anilines is 2. The molecule has 0 saturated carbocycles. The van der Waals surface area contributed by atoms with Gasteiger partial charge in [0.25, 0.3) is 0 Å². The fourth-order valence-corrected chi connectivity index (χ4v) is 1.97. The minimum Gasteiger partial charge on any atom is -0.462 e. The van der Waals surface area contributed by atoms with Gasteiger partial charge in [-0.2, -0.15) is 0 Å². The number of hydrogen-bond acceptors (Lipinski definition) is 5. The van der Waals surface area contributed by atoms with Gasteiger partial charge in [0.15, 0.2) is 5.78 Å². The van der Waals surface area contributed by atoms with Crippen LogP contribution >= 0.6 is 0 Å². The molecule has 22 heavy (non-hydrogen) atoms. The lowest BCUT2D eigenvalue weighted by molar-refractivity contribution is 0.0495. The van der Waals surface area contributed by atoms with Gasteiger partial charge >= 0.3 is 5.97 Å². The lowest BCUT2D eigenvalue weighted by atomic mass is 10.1. The summed E-state index contributed by atoms with van der Waals surface area (Å²) >= 11 is 0. The van der Waals surface area contributed by atoms with Gasteiger partial charge in [0, 0.05) is 23.4 Å². The highest BCUT2D eigenvalue weighted by atomic mass is 16.5. The number of carbonyl (C=O) groups is 2. The maximum atomic E-state index is 11.9. The van der Waals surface area contributed by atoms with E-state index < -0.39 is 5.97 Å². The molecule has 2 rings (SSSR count). The molecule has 0 aliphatic carbocycles. The third-order valence-corrected chi connectivity index (χ3v) is 3.19. The summed E-state index contributed by atoms with van der Waals surface area (Å²) in [5.41, 5.74) is 13.2. The quantitative estimate of drug-likeness (QED) is 0.370. The second kappa shape index (κ2) is 7.26. The lowest BCUT2D eigenvalue weighted by Crippen LogP contribution is -2.10. The number of para-hydroxylation sites is 1. The zero-order valence-corrected chi connectivity index (χ0v) is 12.1. The summed E-state index contributed by atoms with van der Waals surface area (Å²) in [5.74, 6) is -0.478. The Morgan fingerprint density at radius 2 is 1.64 bits per heavy atom. The number of Topliss-reactive ketones (excluding diaryl/α,β-unsaturated/α-hetero) is 1. The monoisotopic (exact) mass is 298 g/mol. The molecule has 4 N–H and O–H groups in total. The van der Waals surface area contributed by atoms with Crippen molar-refractivity contribution in [2.75, 3.05) is 18.1 Å². The highest BCUT2D eigenvalue weighted by Crippen LogP contribution is 2.13. The molecule has 0 heterocycles. The zero-order chi connectivity index (χ0) is 15.9. The molecule has 114 valence electrons. The van der Waals surface area contributed by atoms with Crippen LogP contribution in [0.15, 0.2) is 48.5 Å². The number of benzene rings is 2. The maximum absolute atomic E-state index is 11.9. The summed E-state index contributed by atoms with van der Waals surface area (Å²) in [6.45, 7) is 0.174. The Balaban J connectivity index is 1.77. The summed E-state index contributed by atoms with van der Waals surface area (Å²) < 4.78 is 5.12. The fourth-order valence-electron chi connectivity index (χ4n) is 1.97. The maximum Gasteiger partial charge on any atom is 0.340 e. The number of ether oxygens (including phenoxy) is 1. The molecular weight excluding hydrogens is 280 g/mol. The minimum atomic E-state index is -0.474. The van der Waals surface area contributed by atoms with Crippen molar-refractivity contribution in [2.45, 2.75) is 12.8 Å². The molecule has 0 bridgehead atoms. The Kier molecular flexibility index (Phi) is 5.14. The molecule has 0 saturated heterocycles. The van der Waals surface area contributed by atoms with Gasteiger partial charge < -0.3 is 16.2 Å². The van der Waals surface area contributed by atoms with E-state index in [2.05, 4.69) is 0 Å². The Morgan fingerprint density at radius 3 is 2.32 bits per heavy atom. The van der Waals surface area contributed by atoms with Crippen molar-refractivity contribution >= 4 is 23.1 Å². The molecule has 0 atom stereocenters. The first-order valence-electron chi connectivity index (χ1n) is 6.98. The van der Waals surface area contributed by atoms with E-state index in [1.165, 1.54) is 0 Å². The number of hydrogen-bond donors (Lipinski definition) is 2. The van der Waals surface area contributed by atoms with Crippen LogP contribution in [-0.2, 0) is 4.74 Å². The van der Waals surface area contributed by atoms with Crippen LogP contribution in [0.25, 0.3) is 0 Å². The highest BCUT2D eigenvalue weighted by molar-refractivity contribution is 5.96. The smallest absolute Gasteiger partial charge is 0.340 e. The topological polar surface area (TPSA) is 95.4 Å². The van der Waals surface area contributed by atoms with Crippen molar-refractivity contribution in [3.05, 3.63) is 59.7 Å². The summed E-state index contributed by atoms with van der Waals surface area (Å²) in [5, 5.41) is 0. The van der Waals surface area contributed by atoms with Crippen LogP contribution in [0.4, 0.5) is 11.4 Å². The van der Waals surface area contributed by atoms with Gasteiger partial charge in [-0.05, 0) is 42.8 Å².